The van der Waals surface area contributed by atoms with Crippen LogP contribution in [0.5, 0.6) is 0 Å². The average molecular weight is 127 g/mol. The SMILES string of the molecule is CCC(N)CCC1CC1. The maximum Gasteiger partial charge on any atom is 0.00363 e. The minimum Gasteiger partial charge on any atom is -0.328 e. The molecule has 1 heteroatoms. The Bertz CT molecular complexity index is 76.6. The van der Waals surface area contributed by atoms with Gasteiger partial charge in [0.05, 0.1) is 0 Å². The van der Waals surface area contributed by atoms with Crippen molar-refractivity contribution in [2.24, 2.45) is 11.7 Å². The Morgan fingerprint density at radius 2 is 2.22 bits per heavy atom. The number of rotatable bonds is 4. The topological polar surface area (TPSA) is 26.0 Å². The number of hydrogen-bond donors (Lipinski definition) is 1. The molecule has 0 bridgehead atoms. The molecule has 1 rings (SSSR count). The summed E-state index contributed by atoms with van der Waals surface area (Å²) in [4.78, 5) is 0. The van der Waals surface area contributed by atoms with Gasteiger partial charge in [-0.3, -0.25) is 0 Å². The van der Waals surface area contributed by atoms with Gasteiger partial charge in [0.25, 0.3) is 0 Å². The van der Waals surface area contributed by atoms with Crippen LogP contribution in [-0.2, 0) is 0 Å². The second-order valence-corrected chi connectivity index (χ2v) is 3.19. The molecule has 0 heterocycles. The summed E-state index contributed by atoms with van der Waals surface area (Å²) in [7, 11) is 0. The average Bonchev–Trinajstić information content (AvgIpc) is 2.65. The van der Waals surface area contributed by atoms with Gasteiger partial charge < -0.3 is 5.73 Å². The Kier molecular flexibility index (Phi) is 2.52. The lowest BCUT2D eigenvalue weighted by Gasteiger charge is -2.05. The van der Waals surface area contributed by atoms with Crippen molar-refractivity contribution in [3.05, 3.63) is 0 Å². The predicted molar refractivity (Wildman–Crippen MR) is 40.2 cm³/mol. The van der Waals surface area contributed by atoms with Gasteiger partial charge in [-0.2, -0.15) is 0 Å². The molecule has 9 heavy (non-hydrogen) atoms. The molecule has 1 fully saturated rings. The molecule has 1 aliphatic carbocycles. The fourth-order valence-electron chi connectivity index (χ4n) is 1.06. The summed E-state index contributed by atoms with van der Waals surface area (Å²) in [5.41, 5.74) is 5.75. The molecule has 0 aromatic carbocycles. The summed E-state index contributed by atoms with van der Waals surface area (Å²) in [5.74, 6) is 1.06. The normalized spacial score (nSPS) is 22.0. The van der Waals surface area contributed by atoms with Gasteiger partial charge in [0.15, 0.2) is 0 Å². The summed E-state index contributed by atoms with van der Waals surface area (Å²) in [6.45, 7) is 2.16. The van der Waals surface area contributed by atoms with Crippen LogP contribution in [0.1, 0.15) is 39.0 Å². The molecule has 1 unspecified atom stereocenters. The van der Waals surface area contributed by atoms with E-state index in [1.54, 1.807) is 0 Å². The Labute approximate surface area is 57.6 Å². The van der Waals surface area contributed by atoms with Crippen molar-refractivity contribution < 1.29 is 0 Å². The highest BCUT2D eigenvalue weighted by molar-refractivity contribution is 4.74. The van der Waals surface area contributed by atoms with E-state index >= 15 is 0 Å². The van der Waals surface area contributed by atoms with E-state index in [4.69, 9.17) is 5.73 Å². The van der Waals surface area contributed by atoms with E-state index in [1.165, 1.54) is 25.7 Å². The molecule has 0 saturated heterocycles. The van der Waals surface area contributed by atoms with E-state index in [0.29, 0.717) is 6.04 Å². The zero-order valence-corrected chi connectivity index (χ0v) is 6.27. The van der Waals surface area contributed by atoms with E-state index in [2.05, 4.69) is 6.92 Å². The second-order valence-electron chi connectivity index (χ2n) is 3.19. The highest BCUT2D eigenvalue weighted by Crippen LogP contribution is 2.33. The van der Waals surface area contributed by atoms with Gasteiger partial charge >= 0.3 is 0 Å². The van der Waals surface area contributed by atoms with Crippen molar-refractivity contribution in [3.63, 3.8) is 0 Å². The van der Waals surface area contributed by atoms with Gasteiger partial charge in [0.2, 0.25) is 0 Å². The van der Waals surface area contributed by atoms with Crippen LogP contribution in [0.3, 0.4) is 0 Å². The first kappa shape index (κ1) is 7.07. The molecule has 0 aromatic heterocycles. The van der Waals surface area contributed by atoms with Crippen LogP contribution in [0.15, 0.2) is 0 Å². The molecule has 1 nitrogen and oxygen atoms in total. The summed E-state index contributed by atoms with van der Waals surface area (Å²) in [5, 5.41) is 0. The Morgan fingerprint density at radius 3 is 2.67 bits per heavy atom. The van der Waals surface area contributed by atoms with Crippen LogP contribution in [0, 0.1) is 5.92 Å². The van der Waals surface area contributed by atoms with Gasteiger partial charge in [0, 0.05) is 6.04 Å². The number of hydrogen-bond acceptors (Lipinski definition) is 1. The van der Waals surface area contributed by atoms with Crippen LogP contribution in [0.25, 0.3) is 0 Å². The highest BCUT2D eigenvalue weighted by Gasteiger charge is 2.20. The minimum absolute atomic E-state index is 0.477. The zero-order valence-electron chi connectivity index (χ0n) is 6.27. The van der Waals surface area contributed by atoms with Crippen molar-refractivity contribution >= 4 is 0 Å². The van der Waals surface area contributed by atoms with Crippen LogP contribution < -0.4 is 5.73 Å². The van der Waals surface area contributed by atoms with Gasteiger partial charge in [-0.1, -0.05) is 19.8 Å². The molecular weight excluding hydrogens is 110 g/mol. The summed E-state index contributed by atoms with van der Waals surface area (Å²) < 4.78 is 0. The molecular formula is C8H17N. The Morgan fingerprint density at radius 1 is 1.56 bits per heavy atom. The van der Waals surface area contributed by atoms with Crippen molar-refractivity contribution in [1.82, 2.24) is 0 Å². The molecule has 0 aliphatic heterocycles. The van der Waals surface area contributed by atoms with Gasteiger partial charge in [-0.25, -0.2) is 0 Å². The second kappa shape index (κ2) is 3.21. The predicted octanol–water partition coefficient (Wildman–Crippen LogP) is 1.91. The Hall–Kier alpha value is -0.0400. The minimum atomic E-state index is 0.477. The van der Waals surface area contributed by atoms with Crippen molar-refractivity contribution in [2.75, 3.05) is 0 Å². The summed E-state index contributed by atoms with van der Waals surface area (Å²) in [6.07, 6.45) is 6.72. The fourth-order valence-corrected chi connectivity index (χ4v) is 1.06. The Balaban J connectivity index is 1.90. The van der Waals surface area contributed by atoms with Crippen LogP contribution >= 0.6 is 0 Å². The smallest absolute Gasteiger partial charge is 0.00363 e. The van der Waals surface area contributed by atoms with Crippen molar-refractivity contribution in [1.29, 1.82) is 0 Å². The molecule has 0 amide bonds. The molecule has 1 saturated carbocycles. The van der Waals surface area contributed by atoms with Gasteiger partial charge in [-0.05, 0) is 25.2 Å². The monoisotopic (exact) mass is 127 g/mol. The van der Waals surface area contributed by atoms with E-state index in [1.807, 2.05) is 0 Å². The highest BCUT2D eigenvalue weighted by atomic mass is 14.6. The maximum absolute atomic E-state index is 5.75. The van der Waals surface area contributed by atoms with Crippen LogP contribution in [0.4, 0.5) is 0 Å². The molecule has 0 radical (unpaired) electrons. The molecule has 0 spiro atoms. The van der Waals surface area contributed by atoms with Gasteiger partial charge in [-0.15, -0.1) is 0 Å². The molecule has 54 valence electrons. The first-order valence-electron chi connectivity index (χ1n) is 4.08. The lowest BCUT2D eigenvalue weighted by Crippen LogP contribution is -2.18. The van der Waals surface area contributed by atoms with E-state index < -0.39 is 0 Å². The first-order valence-corrected chi connectivity index (χ1v) is 4.08. The number of nitrogens with two attached hydrogens (primary N) is 1. The molecule has 2 N–H and O–H groups in total. The largest absolute Gasteiger partial charge is 0.328 e. The van der Waals surface area contributed by atoms with Gasteiger partial charge in [0.1, 0.15) is 0 Å². The lowest BCUT2D eigenvalue weighted by atomic mass is 10.1. The fraction of sp³-hybridized carbons (Fsp3) is 1.00. The quantitative estimate of drug-likeness (QED) is 0.613. The maximum atomic E-state index is 5.75. The molecule has 0 aromatic rings. The zero-order chi connectivity index (χ0) is 6.69. The summed E-state index contributed by atoms with van der Waals surface area (Å²) in [6, 6.07) is 0.477. The third-order valence-corrected chi connectivity index (χ3v) is 2.17. The van der Waals surface area contributed by atoms with E-state index in [0.717, 1.165) is 12.3 Å². The van der Waals surface area contributed by atoms with Crippen molar-refractivity contribution in [3.8, 4) is 0 Å². The standard InChI is InChI=1S/C8H17N/c1-2-8(9)6-5-7-3-4-7/h7-8H,2-6,9H2,1H3. The van der Waals surface area contributed by atoms with Crippen molar-refractivity contribution in [2.45, 2.75) is 45.1 Å². The van der Waals surface area contributed by atoms with Crippen LogP contribution in [-0.4, -0.2) is 6.04 Å². The van der Waals surface area contributed by atoms with Crippen LogP contribution in [0.2, 0.25) is 0 Å². The lowest BCUT2D eigenvalue weighted by molar-refractivity contribution is 0.542. The summed E-state index contributed by atoms with van der Waals surface area (Å²) >= 11 is 0. The molecule has 1 atom stereocenters. The van der Waals surface area contributed by atoms with E-state index in [-0.39, 0.29) is 0 Å². The third kappa shape index (κ3) is 2.85. The molecule has 1 aliphatic rings. The third-order valence-electron chi connectivity index (χ3n) is 2.17. The van der Waals surface area contributed by atoms with E-state index in [9.17, 15) is 0 Å². The first-order chi connectivity index (χ1) is 4.33.